The molecular formula is C9H14N2O2. The average Bonchev–Trinajstić information content (AvgIpc) is 2.14. The van der Waals surface area contributed by atoms with E-state index in [9.17, 15) is 4.79 Å². The van der Waals surface area contributed by atoms with Crippen LogP contribution in [0.4, 0.5) is 0 Å². The van der Waals surface area contributed by atoms with E-state index in [0.29, 0.717) is 0 Å². The minimum Gasteiger partial charge on any atom is -0.430 e. The number of hydrogen-bond donors (Lipinski definition) is 1. The van der Waals surface area contributed by atoms with Crippen LogP contribution in [0.25, 0.3) is 0 Å². The lowest BCUT2D eigenvalue weighted by Crippen LogP contribution is -2.15. The molecule has 0 aliphatic heterocycles. The Morgan fingerprint density at radius 3 is 2.62 bits per heavy atom. The van der Waals surface area contributed by atoms with Crippen LogP contribution in [0.2, 0.25) is 0 Å². The first kappa shape index (κ1) is 11.4. The van der Waals surface area contributed by atoms with Crippen LogP contribution in [-0.4, -0.2) is 25.8 Å². The predicted molar refractivity (Wildman–Crippen MR) is 52.5 cm³/mol. The zero-order chi connectivity index (χ0) is 10.3. The fourth-order valence-corrected chi connectivity index (χ4v) is 0.628. The minimum absolute atomic E-state index is 0.256. The van der Waals surface area contributed by atoms with Crippen LogP contribution >= 0.6 is 0 Å². The van der Waals surface area contributed by atoms with Crippen molar-refractivity contribution in [1.29, 1.82) is 0 Å². The Labute approximate surface area is 78.0 Å². The Bertz CT molecular complexity index is 254. The van der Waals surface area contributed by atoms with E-state index in [2.05, 4.69) is 21.6 Å². The van der Waals surface area contributed by atoms with Crippen LogP contribution in [-0.2, 0) is 9.53 Å². The summed E-state index contributed by atoms with van der Waals surface area (Å²) in [5.74, 6) is -0.507. The van der Waals surface area contributed by atoms with Crippen molar-refractivity contribution in [3.8, 4) is 0 Å². The SMILES string of the molecule is C=COC(=O)C(/C=C(/C)NC)=N\C. The van der Waals surface area contributed by atoms with Gasteiger partial charge in [0.05, 0.1) is 6.26 Å². The molecule has 0 bridgehead atoms. The van der Waals surface area contributed by atoms with Crippen LogP contribution < -0.4 is 5.32 Å². The fraction of sp³-hybridized carbons (Fsp3) is 0.333. The molecular weight excluding hydrogens is 168 g/mol. The van der Waals surface area contributed by atoms with Crippen LogP contribution in [0.3, 0.4) is 0 Å². The van der Waals surface area contributed by atoms with Crippen molar-refractivity contribution < 1.29 is 9.53 Å². The maximum Gasteiger partial charge on any atom is 0.361 e. The monoisotopic (exact) mass is 182 g/mol. The lowest BCUT2D eigenvalue weighted by molar-refractivity contribution is -0.130. The van der Waals surface area contributed by atoms with E-state index >= 15 is 0 Å². The third-order valence-corrected chi connectivity index (χ3v) is 1.39. The molecule has 0 spiro atoms. The molecule has 0 radical (unpaired) electrons. The molecule has 0 aliphatic carbocycles. The Morgan fingerprint density at radius 2 is 2.23 bits per heavy atom. The van der Waals surface area contributed by atoms with Crippen molar-refractivity contribution in [3.05, 3.63) is 24.6 Å². The normalized spacial score (nSPS) is 12.2. The van der Waals surface area contributed by atoms with Crippen molar-refractivity contribution in [2.24, 2.45) is 4.99 Å². The summed E-state index contributed by atoms with van der Waals surface area (Å²) >= 11 is 0. The van der Waals surface area contributed by atoms with Gasteiger partial charge in [0.15, 0.2) is 0 Å². The number of allylic oxidation sites excluding steroid dienone is 1. The third-order valence-electron chi connectivity index (χ3n) is 1.39. The highest BCUT2D eigenvalue weighted by atomic mass is 16.5. The number of ether oxygens (including phenoxy) is 1. The number of nitrogens with zero attached hydrogens (tertiary/aromatic N) is 1. The van der Waals surface area contributed by atoms with Crippen LogP contribution in [0.5, 0.6) is 0 Å². The molecule has 0 atom stereocenters. The van der Waals surface area contributed by atoms with E-state index in [4.69, 9.17) is 0 Å². The van der Waals surface area contributed by atoms with Gasteiger partial charge in [-0.2, -0.15) is 0 Å². The number of esters is 1. The standard InChI is InChI=1S/C9H14N2O2/c1-5-13-9(12)8(11-4)6-7(2)10-3/h5-6,10H,1H2,2-4H3/b7-6-,11-8-. The first-order valence-corrected chi connectivity index (χ1v) is 3.80. The Kier molecular flexibility index (Phi) is 5.27. The Morgan fingerprint density at radius 1 is 1.62 bits per heavy atom. The first-order chi connectivity index (χ1) is 6.15. The van der Waals surface area contributed by atoms with Crippen molar-refractivity contribution in [3.63, 3.8) is 0 Å². The second kappa shape index (κ2) is 5.99. The van der Waals surface area contributed by atoms with Gasteiger partial charge in [-0.3, -0.25) is 4.99 Å². The summed E-state index contributed by atoms with van der Waals surface area (Å²) in [7, 11) is 3.29. The number of nitrogens with one attached hydrogen (secondary N) is 1. The van der Waals surface area contributed by atoms with Gasteiger partial charge in [0.25, 0.3) is 0 Å². The average molecular weight is 182 g/mol. The van der Waals surface area contributed by atoms with Crippen molar-refractivity contribution in [1.82, 2.24) is 5.32 Å². The lowest BCUT2D eigenvalue weighted by Gasteiger charge is -2.00. The van der Waals surface area contributed by atoms with Crippen molar-refractivity contribution in [2.45, 2.75) is 6.92 Å². The summed E-state index contributed by atoms with van der Waals surface area (Å²) in [6, 6.07) is 0. The maximum atomic E-state index is 11.1. The summed E-state index contributed by atoms with van der Waals surface area (Å²) in [5.41, 5.74) is 1.09. The van der Waals surface area contributed by atoms with Crippen molar-refractivity contribution in [2.75, 3.05) is 14.1 Å². The molecule has 0 aromatic carbocycles. The molecule has 0 aromatic heterocycles. The van der Waals surface area contributed by atoms with E-state index in [1.807, 2.05) is 6.92 Å². The zero-order valence-electron chi connectivity index (χ0n) is 8.13. The van der Waals surface area contributed by atoms with Gasteiger partial charge in [-0.1, -0.05) is 6.58 Å². The molecule has 0 saturated carbocycles. The molecule has 0 saturated heterocycles. The second-order valence-electron chi connectivity index (χ2n) is 2.26. The summed E-state index contributed by atoms with van der Waals surface area (Å²) < 4.78 is 4.56. The highest BCUT2D eigenvalue weighted by molar-refractivity contribution is 6.41. The number of hydrogen-bond acceptors (Lipinski definition) is 4. The maximum absolute atomic E-state index is 11.1. The second-order valence-corrected chi connectivity index (χ2v) is 2.26. The minimum atomic E-state index is -0.507. The molecule has 0 rings (SSSR count). The molecule has 0 heterocycles. The summed E-state index contributed by atoms with van der Waals surface area (Å²) in [4.78, 5) is 14.9. The van der Waals surface area contributed by atoms with Gasteiger partial charge in [-0.05, 0) is 13.0 Å². The number of carbonyl (C=O) groups is 1. The summed E-state index contributed by atoms with van der Waals surface area (Å²) in [5, 5.41) is 2.87. The van der Waals surface area contributed by atoms with Gasteiger partial charge in [0.2, 0.25) is 0 Å². The number of rotatable bonds is 4. The molecule has 0 fully saturated rings. The van der Waals surface area contributed by atoms with Crippen LogP contribution in [0.15, 0.2) is 29.6 Å². The van der Waals surface area contributed by atoms with E-state index in [-0.39, 0.29) is 5.71 Å². The van der Waals surface area contributed by atoms with Crippen molar-refractivity contribution >= 4 is 11.7 Å². The number of aliphatic imine (C=N–C) groups is 1. The number of carbonyl (C=O) groups excluding carboxylic acids is 1. The molecule has 0 aliphatic rings. The highest BCUT2D eigenvalue weighted by Gasteiger charge is 2.07. The Balaban J connectivity index is 4.54. The molecule has 0 amide bonds. The Hall–Kier alpha value is -1.58. The smallest absolute Gasteiger partial charge is 0.361 e. The van der Waals surface area contributed by atoms with Gasteiger partial charge in [-0.25, -0.2) is 4.79 Å². The fourth-order valence-electron chi connectivity index (χ4n) is 0.628. The molecule has 4 heteroatoms. The van der Waals surface area contributed by atoms with E-state index in [0.717, 1.165) is 12.0 Å². The molecule has 0 aromatic rings. The molecule has 13 heavy (non-hydrogen) atoms. The highest BCUT2D eigenvalue weighted by Crippen LogP contribution is 1.92. The van der Waals surface area contributed by atoms with Gasteiger partial charge in [-0.15, -0.1) is 0 Å². The van der Waals surface area contributed by atoms with Crippen LogP contribution in [0.1, 0.15) is 6.92 Å². The van der Waals surface area contributed by atoms with Gasteiger partial charge < -0.3 is 10.1 Å². The zero-order valence-corrected chi connectivity index (χ0v) is 8.13. The first-order valence-electron chi connectivity index (χ1n) is 3.80. The molecule has 72 valence electrons. The predicted octanol–water partition coefficient (Wildman–Crippen LogP) is 0.867. The lowest BCUT2D eigenvalue weighted by atomic mass is 10.3. The molecule has 0 unspecified atom stereocenters. The third kappa shape index (κ3) is 4.10. The van der Waals surface area contributed by atoms with Gasteiger partial charge in [0, 0.05) is 19.8 Å². The molecule has 4 nitrogen and oxygen atoms in total. The summed E-state index contributed by atoms with van der Waals surface area (Å²) in [6.45, 7) is 5.11. The van der Waals surface area contributed by atoms with E-state index in [1.54, 1.807) is 13.1 Å². The quantitative estimate of drug-likeness (QED) is 0.398. The van der Waals surface area contributed by atoms with Crippen LogP contribution in [0, 0.1) is 0 Å². The van der Waals surface area contributed by atoms with E-state index < -0.39 is 5.97 Å². The van der Waals surface area contributed by atoms with E-state index in [1.165, 1.54) is 7.05 Å². The van der Waals surface area contributed by atoms with Gasteiger partial charge >= 0.3 is 5.97 Å². The molecule has 1 N–H and O–H groups in total. The summed E-state index contributed by atoms with van der Waals surface area (Å²) in [6.07, 6.45) is 2.68. The largest absolute Gasteiger partial charge is 0.430 e. The van der Waals surface area contributed by atoms with Gasteiger partial charge in [0.1, 0.15) is 5.71 Å². The topological polar surface area (TPSA) is 50.7 Å².